The number of nitrogens with two attached hydrogens (primary N) is 1. The minimum Gasteiger partial charge on any atom is -0.504 e. The molecule has 5 rings (SSSR count). The number of benzene rings is 1. The number of likely N-dealkylation sites (N-methyl/N-ethyl adjacent to an activating group) is 1. The smallest absolute Gasteiger partial charge is 0.263 e. The molecule has 4 N–H and O–H groups in total. The van der Waals surface area contributed by atoms with E-state index in [-0.39, 0.29) is 45.5 Å². The first-order chi connectivity index (χ1) is 20.4. The first kappa shape index (κ1) is 29.9. The Morgan fingerprint density at radius 1 is 1.23 bits per heavy atom. The molecule has 0 spiro atoms. The number of hydrogen-bond donors (Lipinski definition) is 3. The number of anilines is 2. The van der Waals surface area contributed by atoms with Gasteiger partial charge in [0.05, 0.1) is 23.0 Å². The highest BCUT2D eigenvalue weighted by Gasteiger charge is 2.26. The first-order valence-electron chi connectivity index (χ1n) is 13.4. The fourth-order valence-electron chi connectivity index (χ4n) is 5.28. The van der Waals surface area contributed by atoms with Crippen LogP contribution in [0.3, 0.4) is 0 Å². The second kappa shape index (κ2) is 11.6. The van der Waals surface area contributed by atoms with Crippen LogP contribution in [0.5, 0.6) is 5.75 Å². The molecule has 1 fully saturated rings. The average molecular weight is 615 g/mol. The molecule has 0 saturated carbocycles. The van der Waals surface area contributed by atoms with E-state index in [1.807, 2.05) is 11.8 Å². The number of primary amides is 1. The molecule has 3 aromatic heterocycles. The zero-order chi connectivity index (χ0) is 31.2. The second-order valence-electron chi connectivity index (χ2n) is 10.4. The summed E-state index contributed by atoms with van der Waals surface area (Å²) in [5.41, 5.74) is 4.62. The predicted octanol–water partition coefficient (Wildman–Crippen LogP) is 2.70. The fourth-order valence-corrected chi connectivity index (χ4v) is 5.42. The summed E-state index contributed by atoms with van der Waals surface area (Å²) in [4.78, 5) is 50.7. The summed E-state index contributed by atoms with van der Waals surface area (Å²) >= 11 is 6.18. The van der Waals surface area contributed by atoms with Gasteiger partial charge < -0.3 is 30.2 Å². The fraction of sp³-hybridized carbons (Fsp3) is 0.321. The SMILES string of the molecule is CCN1CCN(c2cc(NC(=O)Cn3cc(-c4cc(F)c(O)c(C(N)=O)c4)c4c(=O)n(C)cnc43)c(Cl)c(F)n2)[C@@H](C)C1. The zero-order valence-corrected chi connectivity index (χ0v) is 24.3. The lowest BCUT2D eigenvalue weighted by Crippen LogP contribution is -2.52. The number of fused-ring (bicyclic) bond motifs is 1. The molecule has 1 aromatic carbocycles. The summed E-state index contributed by atoms with van der Waals surface area (Å²) in [7, 11) is 1.47. The van der Waals surface area contributed by atoms with E-state index < -0.39 is 40.5 Å². The van der Waals surface area contributed by atoms with Crippen molar-refractivity contribution in [3.63, 3.8) is 0 Å². The number of amides is 2. The number of halogens is 3. The van der Waals surface area contributed by atoms with Crippen LogP contribution >= 0.6 is 11.6 Å². The van der Waals surface area contributed by atoms with Crippen LogP contribution in [0.4, 0.5) is 20.3 Å². The van der Waals surface area contributed by atoms with E-state index in [0.717, 1.165) is 31.8 Å². The number of aromatic nitrogens is 4. The van der Waals surface area contributed by atoms with Crippen LogP contribution in [0.25, 0.3) is 22.2 Å². The maximum absolute atomic E-state index is 14.8. The van der Waals surface area contributed by atoms with Crippen molar-refractivity contribution in [3.05, 3.63) is 63.4 Å². The molecular formula is C28H29ClF2N8O4. The van der Waals surface area contributed by atoms with Crippen molar-refractivity contribution in [2.75, 3.05) is 36.4 Å². The number of hydrogen-bond acceptors (Lipinski definition) is 8. The van der Waals surface area contributed by atoms with Gasteiger partial charge in [-0.05, 0) is 31.2 Å². The second-order valence-corrected chi connectivity index (χ2v) is 10.7. The summed E-state index contributed by atoms with van der Waals surface area (Å²) in [6.45, 7) is 6.74. The van der Waals surface area contributed by atoms with Gasteiger partial charge in [-0.3, -0.25) is 19.3 Å². The summed E-state index contributed by atoms with van der Waals surface area (Å²) in [6, 6.07) is 3.65. The van der Waals surface area contributed by atoms with Gasteiger partial charge in [0.15, 0.2) is 11.6 Å². The Labute approximate surface area is 249 Å². The molecule has 0 radical (unpaired) electrons. The van der Waals surface area contributed by atoms with Gasteiger partial charge >= 0.3 is 0 Å². The molecule has 4 heterocycles. The van der Waals surface area contributed by atoms with Crippen molar-refractivity contribution in [2.24, 2.45) is 12.8 Å². The third-order valence-corrected chi connectivity index (χ3v) is 7.88. The van der Waals surface area contributed by atoms with Crippen molar-refractivity contribution in [2.45, 2.75) is 26.4 Å². The van der Waals surface area contributed by atoms with Crippen LogP contribution in [0.2, 0.25) is 5.02 Å². The highest BCUT2D eigenvalue weighted by Crippen LogP contribution is 2.34. The number of carbonyl (C=O) groups excluding carboxylic acids is 2. The highest BCUT2D eigenvalue weighted by atomic mass is 35.5. The van der Waals surface area contributed by atoms with Crippen LogP contribution in [-0.2, 0) is 18.4 Å². The Bertz CT molecular complexity index is 1830. The van der Waals surface area contributed by atoms with Gasteiger partial charge in [0.1, 0.15) is 23.0 Å². The lowest BCUT2D eigenvalue weighted by atomic mass is 10.0. The van der Waals surface area contributed by atoms with Gasteiger partial charge in [-0.1, -0.05) is 18.5 Å². The van der Waals surface area contributed by atoms with Gasteiger partial charge in [-0.15, -0.1) is 0 Å². The van der Waals surface area contributed by atoms with Gasteiger partial charge in [0.25, 0.3) is 11.5 Å². The summed E-state index contributed by atoms with van der Waals surface area (Å²) in [5, 5.41) is 12.2. The molecule has 1 aliphatic heterocycles. The molecule has 1 saturated heterocycles. The maximum Gasteiger partial charge on any atom is 0.263 e. The Balaban J connectivity index is 1.49. The Kier molecular flexibility index (Phi) is 8.08. The van der Waals surface area contributed by atoms with E-state index >= 15 is 0 Å². The third-order valence-electron chi connectivity index (χ3n) is 7.52. The Morgan fingerprint density at radius 2 is 1.98 bits per heavy atom. The van der Waals surface area contributed by atoms with E-state index in [1.54, 1.807) is 0 Å². The van der Waals surface area contributed by atoms with E-state index in [0.29, 0.717) is 12.4 Å². The molecule has 43 heavy (non-hydrogen) atoms. The van der Waals surface area contributed by atoms with Crippen molar-refractivity contribution in [1.82, 2.24) is 24.0 Å². The topological polar surface area (TPSA) is 152 Å². The molecule has 0 aliphatic carbocycles. The minimum atomic E-state index is -1.12. The average Bonchev–Trinajstić information content (AvgIpc) is 3.32. The summed E-state index contributed by atoms with van der Waals surface area (Å²) in [5.74, 6) is -4.34. The monoisotopic (exact) mass is 614 g/mol. The van der Waals surface area contributed by atoms with Gasteiger partial charge in [0, 0.05) is 50.6 Å². The molecule has 226 valence electrons. The Hall–Kier alpha value is -4.56. The molecule has 1 aliphatic rings. The standard InChI is InChI=1S/C28H29ClF2N8O4/c1-4-37-5-6-39(14(2)10-37)20-9-19(23(29)25(31)35-20)34-21(40)12-38-11-17(22-27(38)33-13-36(3)28(22)43)15-7-16(26(32)42)24(41)18(30)8-15/h7-9,11,13-14,41H,4-6,10,12H2,1-3H3,(H2,32,42)(H,34,35,40)/t14-/m0/s1. The normalized spacial score (nSPS) is 15.7. The molecule has 2 amide bonds. The largest absolute Gasteiger partial charge is 0.504 e. The molecule has 4 aromatic rings. The first-order valence-corrected chi connectivity index (χ1v) is 13.8. The molecule has 12 nitrogen and oxygen atoms in total. The lowest BCUT2D eigenvalue weighted by molar-refractivity contribution is -0.116. The maximum atomic E-state index is 14.8. The quantitative estimate of drug-likeness (QED) is 0.269. The number of nitrogens with one attached hydrogen (secondary N) is 1. The van der Waals surface area contributed by atoms with E-state index in [2.05, 4.69) is 27.1 Å². The van der Waals surface area contributed by atoms with Crippen molar-refractivity contribution < 1.29 is 23.5 Å². The van der Waals surface area contributed by atoms with E-state index in [1.165, 1.54) is 34.8 Å². The van der Waals surface area contributed by atoms with Gasteiger partial charge in [0.2, 0.25) is 11.9 Å². The summed E-state index contributed by atoms with van der Waals surface area (Å²) in [6.07, 6.45) is 2.65. The molecule has 0 unspecified atom stereocenters. The van der Waals surface area contributed by atoms with Crippen molar-refractivity contribution >= 4 is 46.0 Å². The van der Waals surface area contributed by atoms with Crippen LogP contribution in [-0.4, -0.2) is 73.1 Å². The number of rotatable bonds is 7. The number of piperazine rings is 1. The van der Waals surface area contributed by atoms with Crippen molar-refractivity contribution in [3.8, 4) is 16.9 Å². The van der Waals surface area contributed by atoms with Gasteiger partial charge in [-0.25, -0.2) is 14.4 Å². The van der Waals surface area contributed by atoms with Crippen LogP contribution in [0, 0.1) is 11.8 Å². The number of phenols is 1. The number of nitrogens with zero attached hydrogens (tertiary/aromatic N) is 6. The van der Waals surface area contributed by atoms with E-state index in [9.17, 15) is 28.3 Å². The van der Waals surface area contributed by atoms with E-state index in [4.69, 9.17) is 17.3 Å². The molecular weight excluding hydrogens is 586 g/mol. The summed E-state index contributed by atoms with van der Waals surface area (Å²) < 4.78 is 31.9. The van der Waals surface area contributed by atoms with Crippen LogP contribution in [0.1, 0.15) is 24.2 Å². The number of carbonyl (C=O) groups is 2. The molecule has 0 bridgehead atoms. The molecule has 1 atom stereocenters. The lowest BCUT2D eigenvalue weighted by Gasteiger charge is -2.40. The zero-order valence-electron chi connectivity index (χ0n) is 23.6. The Morgan fingerprint density at radius 3 is 2.65 bits per heavy atom. The third kappa shape index (κ3) is 5.62. The minimum absolute atomic E-state index is 0.0200. The van der Waals surface area contributed by atoms with Crippen LogP contribution < -0.4 is 21.5 Å². The van der Waals surface area contributed by atoms with Crippen molar-refractivity contribution in [1.29, 1.82) is 0 Å². The predicted molar refractivity (Wildman–Crippen MR) is 157 cm³/mol. The number of aromatic hydroxyl groups is 1. The highest BCUT2D eigenvalue weighted by molar-refractivity contribution is 6.33. The van der Waals surface area contributed by atoms with Gasteiger partial charge in [-0.2, -0.15) is 4.39 Å². The van der Waals surface area contributed by atoms with Crippen LogP contribution in [0.15, 0.2) is 35.5 Å². The number of aryl methyl sites for hydroxylation is 1. The number of pyridine rings is 1. The molecule has 15 heteroatoms.